The monoisotopic (exact) mass is 509 g/mol. The van der Waals surface area contributed by atoms with Crippen LogP contribution in [0.4, 0.5) is 23.8 Å². The molecule has 0 spiro atoms. The summed E-state index contributed by atoms with van der Waals surface area (Å²) < 4.78 is 81.2. The minimum Gasteiger partial charge on any atom is -0.433 e. The van der Waals surface area contributed by atoms with Gasteiger partial charge in [0.2, 0.25) is 0 Å². The van der Waals surface area contributed by atoms with E-state index < -0.39 is 57.2 Å². The fourth-order valence-electron chi connectivity index (χ4n) is 3.31. The number of amides is 1. The number of nitrogens with zero attached hydrogens (tertiary/aromatic N) is 3. The van der Waals surface area contributed by atoms with Gasteiger partial charge in [-0.05, 0) is 31.2 Å². The average Bonchev–Trinajstić information content (AvgIpc) is 2.81. The molecule has 1 aromatic carbocycles. The Balaban J connectivity index is 1.60. The van der Waals surface area contributed by atoms with Gasteiger partial charge in [0.25, 0.3) is 16.1 Å². The number of halogens is 3. The molecule has 0 fully saturated rings. The summed E-state index contributed by atoms with van der Waals surface area (Å²) in [7, 11) is -2.90. The highest BCUT2D eigenvalue weighted by atomic mass is 32.2. The summed E-state index contributed by atoms with van der Waals surface area (Å²) in [6.45, 7) is 1.24. The van der Waals surface area contributed by atoms with E-state index in [1.807, 2.05) is 9.44 Å². The first kappa shape index (κ1) is 24.2. The molecule has 14 heteroatoms. The maximum Gasteiger partial charge on any atom is 0.416 e. The second-order valence-electron chi connectivity index (χ2n) is 7.33. The number of fused-ring (bicyclic) bond motifs is 1. The number of pyridine rings is 2. The Labute approximate surface area is 197 Å². The number of aromatic nitrogens is 2. The first-order chi connectivity index (χ1) is 16.6. The maximum atomic E-state index is 14.9. The second-order valence-corrected chi connectivity index (χ2v) is 8.95. The van der Waals surface area contributed by atoms with Gasteiger partial charge in [-0.3, -0.25) is 9.62 Å². The van der Waals surface area contributed by atoms with Crippen LogP contribution in [0.5, 0.6) is 17.4 Å². The lowest BCUT2D eigenvalue weighted by molar-refractivity contribution is 0.116. The van der Waals surface area contributed by atoms with Crippen LogP contribution >= 0.6 is 0 Å². The predicted octanol–water partition coefficient (Wildman–Crippen LogP) is 3.64. The van der Waals surface area contributed by atoms with Crippen LogP contribution in [0.3, 0.4) is 0 Å². The Morgan fingerprint density at radius 2 is 1.91 bits per heavy atom. The number of benzene rings is 1. The van der Waals surface area contributed by atoms with Gasteiger partial charge in [0.1, 0.15) is 5.75 Å². The van der Waals surface area contributed by atoms with Gasteiger partial charge in [-0.2, -0.15) is 8.42 Å². The Morgan fingerprint density at radius 3 is 2.63 bits per heavy atom. The number of anilines is 1. The van der Waals surface area contributed by atoms with Crippen molar-refractivity contribution in [3.8, 4) is 17.4 Å². The smallest absolute Gasteiger partial charge is 0.416 e. The Kier molecular flexibility index (Phi) is 6.49. The van der Waals surface area contributed by atoms with Crippen LogP contribution in [0.2, 0.25) is 0 Å². The zero-order chi connectivity index (χ0) is 25.3. The summed E-state index contributed by atoms with van der Waals surface area (Å²) in [5.41, 5.74) is 0.189. The van der Waals surface area contributed by atoms with Crippen molar-refractivity contribution in [2.75, 3.05) is 11.8 Å². The van der Waals surface area contributed by atoms with Crippen molar-refractivity contribution in [2.45, 2.75) is 19.5 Å². The molecule has 3 heterocycles. The summed E-state index contributed by atoms with van der Waals surface area (Å²) in [5, 5.41) is 0. The van der Waals surface area contributed by atoms with E-state index in [0.717, 1.165) is 30.1 Å². The zero-order valence-corrected chi connectivity index (χ0v) is 19.1. The molecule has 2 N–H and O–H groups in total. The molecule has 184 valence electrons. The fourth-order valence-corrected chi connectivity index (χ4v) is 3.81. The average molecular weight is 509 g/mol. The Morgan fingerprint density at radius 1 is 1.14 bits per heavy atom. The van der Waals surface area contributed by atoms with Gasteiger partial charge >= 0.3 is 6.09 Å². The Bertz CT molecular complexity index is 1410. The minimum atomic E-state index is -4.03. The molecule has 2 aromatic heterocycles. The van der Waals surface area contributed by atoms with Crippen LogP contribution in [0, 0.1) is 17.5 Å². The van der Waals surface area contributed by atoms with Gasteiger partial charge in [0.05, 0.1) is 12.6 Å². The molecule has 1 atom stereocenters. The quantitative estimate of drug-likeness (QED) is 0.499. The third-order valence-electron chi connectivity index (χ3n) is 5.15. The second kappa shape index (κ2) is 9.38. The number of hydrogen-bond donors (Lipinski definition) is 2. The highest BCUT2D eigenvalue weighted by molar-refractivity contribution is 7.90. The summed E-state index contributed by atoms with van der Waals surface area (Å²) >= 11 is 0. The molecule has 1 amide bonds. The van der Waals surface area contributed by atoms with E-state index in [0.29, 0.717) is 0 Å². The van der Waals surface area contributed by atoms with Crippen molar-refractivity contribution in [2.24, 2.45) is 0 Å². The molecule has 0 saturated heterocycles. The van der Waals surface area contributed by atoms with Crippen LogP contribution in [0.15, 0.2) is 42.7 Å². The lowest BCUT2D eigenvalue weighted by Gasteiger charge is -2.34. The van der Waals surface area contributed by atoms with Crippen molar-refractivity contribution >= 4 is 22.1 Å². The molecule has 0 bridgehead atoms. The SMILES string of the molecule is CNS(=O)(=O)Nc1nccc(CN2C(=O)Oc3cc(Oc4ncccc4F)c(F)cc3[C@@H]2C)c1F. The van der Waals surface area contributed by atoms with E-state index >= 15 is 0 Å². The Hall–Kier alpha value is -3.91. The summed E-state index contributed by atoms with van der Waals surface area (Å²) in [6, 6.07) is 5.08. The standard InChI is InChI=1S/C21H18F3N5O5S/c1-11-13-8-15(23)17(33-20-14(22)4-3-6-27-20)9-16(13)34-21(30)29(11)10-12-5-7-26-19(18(12)24)28-35(31,32)25-2/h3-9,11,25H,10H2,1-2H3,(H,26,28)/t11-/m0/s1. The van der Waals surface area contributed by atoms with E-state index in [1.165, 1.54) is 24.5 Å². The normalized spacial score (nSPS) is 15.4. The van der Waals surface area contributed by atoms with E-state index in [2.05, 4.69) is 9.97 Å². The van der Waals surface area contributed by atoms with Crippen LogP contribution < -0.4 is 18.9 Å². The third-order valence-corrected chi connectivity index (χ3v) is 6.15. The molecule has 1 aliphatic heterocycles. The van der Waals surface area contributed by atoms with Crippen LogP contribution in [0.1, 0.15) is 24.1 Å². The topological polar surface area (TPSA) is 123 Å². The van der Waals surface area contributed by atoms with Gasteiger partial charge in [0, 0.05) is 36.6 Å². The molecular formula is C21H18F3N5O5S. The van der Waals surface area contributed by atoms with Crippen molar-refractivity contribution in [3.63, 3.8) is 0 Å². The number of rotatable bonds is 7. The van der Waals surface area contributed by atoms with Gasteiger partial charge in [-0.15, -0.1) is 0 Å². The van der Waals surface area contributed by atoms with E-state index in [9.17, 15) is 26.4 Å². The van der Waals surface area contributed by atoms with Crippen molar-refractivity contribution in [3.05, 3.63) is 71.3 Å². The first-order valence-corrected chi connectivity index (χ1v) is 11.5. The van der Waals surface area contributed by atoms with Gasteiger partial charge in [-0.1, -0.05) is 0 Å². The van der Waals surface area contributed by atoms with Crippen LogP contribution in [-0.4, -0.2) is 36.4 Å². The van der Waals surface area contributed by atoms with E-state index in [-0.39, 0.29) is 23.4 Å². The lowest BCUT2D eigenvalue weighted by atomic mass is 10.0. The lowest BCUT2D eigenvalue weighted by Crippen LogP contribution is -2.39. The van der Waals surface area contributed by atoms with E-state index in [1.54, 1.807) is 6.92 Å². The summed E-state index contributed by atoms with van der Waals surface area (Å²) in [6.07, 6.45) is 1.56. The minimum absolute atomic E-state index is 0.0239. The summed E-state index contributed by atoms with van der Waals surface area (Å²) in [4.78, 5) is 21.2. The van der Waals surface area contributed by atoms with Crippen molar-refractivity contribution in [1.29, 1.82) is 0 Å². The molecule has 10 nitrogen and oxygen atoms in total. The molecule has 1 aliphatic rings. The fraction of sp³-hybridized carbons (Fsp3) is 0.190. The van der Waals surface area contributed by atoms with Crippen molar-refractivity contribution < 1.29 is 35.9 Å². The predicted molar refractivity (Wildman–Crippen MR) is 116 cm³/mol. The first-order valence-electron chi connectivity index (χ1n) is 10.0. The maximum absolute atomic E-state index is 14.9. The third kappa shape index (κ3) is 4.97. The van der Waals surface area contributed by atoms with Gasteiger partial charge in [0.15, 0.2) is 29.0 Å². The van der Waals surface area contributed by atoms with Gasteiger partial charge < -0.3 is 9.47 Å². The highest BCUT2D eigenvalue weighted by Gasteiger charge is 2.34. The molecule has 0 unspecified atom stereocenters. The molecule has 0 aliphatic carbocycles. The highest BCUT2D eigenvalue weighted by Crippen LogP contribution is 2.40. The van der Waals surface area contributed by atoms with Crippen LogP contribution in [0.25, 0.3) is 0 Å². The number of carbonyl (C=O) groups is 1. The summed E-state index contributed by atoms with van der Waals surface area (Å²) in [5.74, 6) is -4.12. The zero-order valence-electron chi connectivity index (χ0n) is 18.3. The molecule has 3 aromatic rings. The van der Waals surface area contributed by atoms with Crippen molar-refractivity contribution in [1.82, 2.24) is 19.6 Å². The number of hydrogen-bond acceptors (Lipinski definition) is 7. The molecule has 4 rings (SSSR count). The number of carbonyl (C=O) groups excluding carboxylic acids is 1. The molecular weight excluding hydrogens is 491 g/mol. The number of ether oxygens (including phenoxy) is 2. The number of nitrogens with one attached hydrogen (secondary N) is 2. The molecule has 0 radical (unpaired) electrons. The van der Waals surface area contributed by atoms with Gasteiger partial charge in [-0.25, -0.2) is 32.7 Å². The molecule has 35 heavy (non-hydrogen) atoms. The molecule has 0 saturated carbocycles. The van der Waals surface area contributed by atoms with E-state index in [4.69, 9.17) is 9.47 Å². The largest absolute Gasteiger partial charge is 0.433 e. The van der Waals surface area contributed by atoms with Crippen LogP contribution in [-0.2, 0) is 16.8 Å².